The summed E-state index contributed by atoms with van der Waals surface area (Å²) in [5.41, 5.74) is 1.07. The molecule has 228 valence electrons. The fourth-order valence-corrected chi connectivity index (χ4v) is 4.09. The van der Waals surface area contributed by atoms with Crippen molar-refractivity contribution >= 4 is 29.8 Å². The molecule has 0 bridgehead atoms. The Morgan fingerprint density at radius 2 is 1.48 bits per heavy atom. The van der Waals surface area contributed by atoms with Crippen molar-refractivity contribution in [2.75, 3.05) is 33.8 Å². The zero-order valence-electron chi connectivity index (χ0n) is 24.7. The summed E-state index contributed by atoms with van der Waals surface area (Å²) in [4.78, 5) is 69.0. The van der Waals surface area contributed by atoms with Gasteiger partial charge >= 0.3 is 12.2 Å². The topological polar surface area (TPSA) is 155 Å². The maximum absolute atomic E-state index is 13.8. The largest absolute Gasteiger partial charge is 0.465 e. The molecule has 0 spiro atoms. The maximum Gasteiger partial charge on any atom is 0.408 e. The van der Waals surface area contributed by atoms with Crippen LogP contribution in [0.5, 0.6) is 0 Å². The minimum atomic E-state index is -1.48. The molecule has 0 aliphatic heterocycles. The summed E-state index contributed by atoms with van der Waals surface area (Å²) in [5, 5.41) is 14.9. The summed E-state index contributed by atoms with van der Waals surface area (Å²) >= 11 is 0. The second kappa shape index (κ2) is 16.1. The summed E-state index contributed by atoms with van der Waals surface area (Å²) in [6.07, 6.45) is -2.87. The first-order chi connectivity index (χ1) is 19.8. The zero-order valence-corrected chi connectivity index (χ0v) is 24.7. The molecule has 3 N–H and O–H groups in total. The molecule has 0 aliphatic carbocycles. The van der Waals surface area contributed by atoms with E-state index in [0.29, 0.717) is 0 Å². The second-order valence-electron chi connectivity index (χ2n) is 10.6. The van der Waals surface area contributed by atoms with Gasteiger partial charge in [-0.15, -0.1) is 0 Å². The van der Waals surface area contributed by atoms with Crippen LogP contribution in [0.2, 0.25) is 0 Å². The van der Waals surface area contributed by atoms with Gasteiger partial charge in [-0.25, -0.2) is 14.7 Å². The SMILES string of the molecule is CON(C)C(=O)CC(NC(=O)O)C(=O)N(CCC(=O)CNC(=O)OC(C)(C)C)CC(c1ccccc1)c1ccccc1. The molecule has 42 heavy (non-hydrogen) atoms. The van der Waals surface area contributed by atoms with E-state index in [0.717, 1.165) is 16.2 Å². The Kier molecular flexibility index (Phi) is 12.9. The van der Waals surface area contributed by atoms with Crippen LogP contribution >= 0.6 is 0 Å². The van der Waals surface area contributed by atoms with Gasteiger partial charge in [0.05, 0.1) is 20.1 Å². The van der Waals surface area contributed by atoms with Gasteiger partial charge in [-0.1, -0.05) is 60.7 Å². The van der Waals surface area contributed by atoms with Crippen LogP contribution in [0.15, 0.2) is 60.7 Å². The van der Waals surface area contributed by atoms with Crippen LogP contribution < -0.4 is 10.6 Å². The average Bonchev–Trinajstić information content (AvgIpc) is 2.94. The van der Waals surface area contributed by atoms with Crippen LogP contribution in [-0.4, -0.2) is 90.3 Å². The van der Waals surface area contributed by atoms with Gasteiger partial charge in [0.1, 0.15) is 11.6 Å². The van der Waals surface area contributed by atoms with Gasteiger partial charge in [-0.3, -0.25) is 19.2 Å². The third kappa shape index (κ3) is 11.6. The molecule has 4 amide bonds. The fourth-order valence-electron chi connectivity index (χ4n) is 4.09. The number of alkyl carbamates (subject to hydrolysis) is 1. The number of amides is 4. The van der Waals surface area contributed by atoms with Crippen molar-refractivity contribution in [1.82, 2.24) is 20.6 Å². The lowest BCUT2D eigenvalue weighted by Gasteiger charge is -2.31. The molecule has 2 aromatic rings. The first-order valence-electron chi connectivity index (χ1n) is 13.5. The predicted molar refractivity (Wildman–Crippen MR) is 155 cm³/mol. The van der Waals surface area contributed by atoms with Crippen LogP contribution in [0.3, 0.4) is 0 Å². The van der Waals surface area contributed by atoms with E-state index >= 15 is 0 Å². The number of carbonyl (C=O) groups is 5. The molecular formula is C30H40N4O8. The van der Waals surface area contributed by atoms with E-state index in [2.05, 4.69) is 10.6 Å². The molecule has 0 radical (unpaired) electrons. The number of hydrogen-bond acceptors (Lipinski definition) is 7. The molecule has 0 saturated heterocycles. The second-order valence-corrected chi connectivity index (χ2v) is 10.6. The predicted octanol–water partition coefficient (Wildman–Crippen LogP) is 3.18. The van der Waals surface area contributed by atoms with Crippen LogP contribution in [0.1, 0.15) is 50.7 Å². The van der Waals surface area contributed by atoms with Gasteiger partial charge < -0.3 is 25.4 Å². The van der Waals surface area contributed by atoms with E-state index in [1.54, 1.807) is 20.8 Å². The van der Waals surface area contributed by atoms with Crippen molar-refractivity contribution < 1.29 is 38.7 Å². The van der Waals surface area contributed by atoms with Gasteiger partial charge in [0.15, 0.2) is 5.78 Å². The monoisotopic (exact) mass is 584 g/mol. The highest BCUT2D eigenvalue weighted by Gasteiger charge is 2.32. The van der Waals surface area contributed by atoms with Gasteiger partial charge in [0, 0.05) is 32.5 Å². The Morgan fingerprint density at radius 3 is 1.95 bits per heavy atom. The van der Waals surface area contributed by atoms with Crippen molar-refractivity contribution in [1.29, 1.82) is 0 Å². The first kappa shape index (κ1) is 33.8. The van der Waals surface area contributed by atoms with Crippen LogP contribution in [0.4, 0.5) is 9.59 Å². The maximum atomic E-state index is 13.8. The van der Waals surface area contributed by atoms with E-state index in [4.69, 9.17) is 9.57 Å². The molecule has 12 heteroatoms. The number of ether oxygens (including phenoxy) is 1. The quantitative estimate of drug-likeness (QED) is 0.286. The van der Waals surface area contributed by atoms with E-state index in [-0.39, 0.29) is 37.8 Å². The smallest absolute Gasteiger partial charge is 0.408 e. The van der Waals surface area contributed by atoms with Crippen molar-refractivity contribution in [2.24, 2.45) is 0 Å². The summed E-state index contributed by atoms with van der Waals surface area (Å²) in [5.74, 6) is -1.99. The van der Waals surface area contributed by atoms with E-state index in [9.17, 15) is 29.1 Å². The van der Waals surface area contributed by atoms with Gasteiger partial charge in [0.2, 0.25) is 11.8 Å². The number of nitrogens with one attached hydrogen (secondary N) is 2. The number of carboxylic acid groups (broad SMARTS) is 1. The Labute approximate surface area is 245 Å². The molecule has 2 rings (SSSR count). The molecule has 12 nitrogen and oxygen atoms in total. The molecule has 1 atom stereocenters. The van der Waals surface area contributed by atoms with Crippen molar-refractivity contribution in [3.05, 3.63) is 71.8 Å². The van der Waals surface area contributed by atoms with Crippen molar-refractivity contribution in [3.63, 3.8) is 0 Å². The lowest BCUT2D eigenvalue weighted by Crippen LogP contribution is -2.51. The highest BCUT2D eigenvalue weighted by molar-refractivity contribution is 5.91. The fraction of sp³-hybridized carbons (Fsp3) is 0.433. The number of hydrogen-bond donors (Lipinski definition) is 3. The molecule has 1 unspecified atom stereocenters. The molecular weight excluding hydrogens is 544 g/mol. The van der Waals surface area contributed by atoms with Crippen LogP contribution in [0, 0.1) is 0 Å². The molecule has 0 aliphatic rings. The number of hydroxylamine groups is 2. The zero-order chi connectivity index (χ0) is 31.3. The standard InChI is InChI=1S/C30H40N4O8/c1-30(2,3)42-29(40)31-19-23(35)16-17-34(27(37)25(32-28(38)39)18-26(36)33(4)41-5)20-24(21-12-8-6-9-13-21)22-14-10-7-11-15-22/h6-15,24-25,32H,16-20H2,1-5H3,(H,31,40)(H,38,39). The molecule has 0 fully saturated rings. The third-order valence-electron chi connectivity index (χ3n) is 6.21. The summed E-state index contributed by atoms with van der Waals surface area (Å²) in [6.45, 7) is 4.78. The Bertz CT molecular complexity index is 1160. The average molecular weight is 585 g/mol. The molecule has 2 aromatic carbocycles. The Morgan fingerprint density at radius 1 is 0.929 bits per heavy atom. The molecule has 0 saturated carbocycles. The number of Topliss-reactive ketones (excluding diaryl/α,β-unsaturated/α-hetero) is 1. The lowest BCUT2D eigenvalue weighted by molar-refractivity contribution is -0.170. The van der Waals surface area contributed by atoms with Crippen molar-refractivity contribution in [3.8, 4) is 0 Å². The Balaban J connectivity index is 2.34. The van der Waals surface area contributed by atoms with Crippen LogP contribution in [-0.2, 0) is 24.0 Å². The number of nitrogens with zero attached hydrogens (tertiary/aromatic N) is 2. The van der Waals surface area contributed by atoms with E-state index < -0.39 is 42.1 Å². The minimum absolute atomic E-state index is 0.0874. The first-order valence-corrected chi connectivity index (χ1v) is 13.5. The van der Waals surface area contributed by atoms with Gasteiger partial charge in [-0.2, -0.15) is 0 Å². The summed E-state index contributed by atoms with van der Waals surface area (Å²) in [7, 11) is 2.62. The highest BCUT2D eigenvalue weighted by atomic mass is 16.7. The molecule has 0 heterocycles. The van der Waals surface area contributed by atoms with Crippen LogP contribution in [0.25, 0.3) is 0 Å². The van der Waals surface area contributed by atoms with E-state index in [1.807, 2.05) is 60.7 Å². The number of ketones is 1. The molecule has 0 aromatic heterocycles. The summed E-state index contributed by atoms with van der Waals surface area (Å²) < 4.78 is 5.16. The normalized spacial score (nSPS) is 11.8. The lowest BCUT2D eigenvalue weighted by atomic mass is 9.90. The van der Waals surface area contributed by atoms with Gasteiger partial charge in [-0.05, 0) is 31.9 Å². The highest BCUT2D eigenvalue weighted by Crippen LogP contribution is 2.26. The summed E-state index contributed by atoms with van der Waals surface area (Å²) in [6, 6.07) is 17.5. The number of benzene rings is 2. The van der Waals surface area contributed by atoms with E-state index in [1.165, 1.54) is 19.1 Å². The third-order valence-corrected chi connectivity index (χ3v) is 6.21. The number of rotatable bonds is 14. The minimum Gasteiger partial charge on any atom is -0.465 e. The number of carbonyl (C=O) groups excluding carboxylic acids is 4. The van der Waals surface area contributed by atoms with Crippen molar-refractivity contribution in [2.45, 2.75) is 51.2 Å². The van der Waals surface area contributed by atoms with Gasteiger partial charge in [0.25, 0.3) is 0 Å². The Hall–Kier alpha value is -4.45.